The van der Waals surface area contributed by atoms with Crippen molar-refractivity contribution in [3.8, 4) is 0 Å². The quantitative estimate of drug-likeness (QED) is 0.874. The summed E-state index contributed by atoms with van der Waals surface area (Å²) in [6.07, 6.45) is 6.02. The van der Waals surface area contributed by atoms with E-state index in [1.165, 1.54) is 12.8 Å². The van der Waals surface area contributed by atoms with Gasteiger partial charge in [0, 0.05) is 18.9 Å². The standard InChI is InChI=1S/C10H16N4.2ClH/c1-4-12-10(13-5-1)14-8-9-2-6-11-7-3-9;;/h1,4-5,9,11H,2-3,6-8H2,(H,12,13,14);2*1H. The second-order valence-corrected chi connectivity index (χ2v) is 3.65. The maximum absolute atomic E-state index is 4.13. The maximum Gasteiger partial charge on any atom is 0.222 e. The van der Waals surface area contributed by atoms with Crippen LogP contribution in [0.15, 0.2) is 18.5 Å². The van der Waals surface area contributed by atoms with Crippen LogP contribution in [-0.2, 0) is 0 Å². The monoisotopic (exact) mass is 264 g/mol. The van der Waals surface area contributed by atoms with Crippen LogP contribution >= 0.6 is 24.8 Å². The van der Waals surface area contributed by atoms with Gasteiger partial charge in [-0.15, -0.1) is 24.8 Å². The van der Waals surface area contributed by atoms with Crippen LogP contribution in [0.25, 0.3) is 0 Å². The van der Waals surface area contributed by atoms with Crippen molar-refractivity contribution in [2.45, 2.75) is 12.8 Å². The van der Waals surface area contributed by atoms with Crippen molar-refractivity contribution in [2.24, 2.45) is 5.92 Å². The first-order valence-electron chi connectivity index (χ1n) is 5.17. The molecular weight excluding hydrogens is 247 g/mol. The van der Waals surface area contributed by atoms with Gasteiger partial charge in [-0.25, -0.2) is 9.97 Å². The van der Waals surface area contributed by atoms with E-state index in [4.69, 9.17) is 0 Å². The number of piperidine rings is 1. The van der Waals surface area contributed by atoms with Gasteiger partial charge in [-0.2, -0.15) is 0 Å². The Morgan fingerprint density at radius 2 is 1.81 bits per heavy atom. The Hall–Kier alpha value is -0.580. The Kier molecular flexibility index (Phi) is 8.25. The Bertz CT molecular complexity index is 265. The topological polar surface area (TPSA) is 49.8 Å². The normalized spacial score (nSPS) is 15.8. The molecule has 1 aromatic heterocycles. The molecule has 0 atom stereocenters. The van der Waals surface area contributed by atoms with E-state index in [9.17, 15) is 0 Å². The summed E-state index contributed by atoms with van der Waals surface area (Å²) in [6, 6.07) is 1.83. The van der Waals surface area contributed by atoms with Gasteiger partial charge in [-0.3, -0.25) is 0 Å². The van der Waals surface area contributed by atoms with Crippen LogP contribution in [0.2, 0.25) is 0 Å². The van der Waals surface area contributed by atoms with Crippen LogP contribution in [0, 0.1) is 5.92 Å². The Balaban J connectivity index is 0.00000112. The van der Waals surface area contributed by atoms with Crippen molar-refractivity contribution in [1.29, 1.82) is 0 Å². The van der Waals surface area contributed by atoms with Crippen LogP contribution < -0.4 is 10.6 Å². The van der Waals surface area contributed by atoms with Gasteiger partial charge in [-0.05, 0) is 37.9 Å². The fraction of sp³-hybridized carbons (Fsp3) is 0.600. The van der Waals surface area contributed by atoms with E-state index in [0.717, 1.165) is 31.5 Å². The maximum atomic E-state index is 4.13. The molecule has 0 bridgehead atoms. The van der Waals surface area contributed by atoms with E-state index in [1.807, 2.05) is 6.07 Å². The summed E-state index contributed by atoms with van der Waals surface area (Å²) in [6.45, 7) is 3.27. The summed E-state index contributed by atoms with van der Waals surface area (Å²) in [5.74, 6) is 1.51. The lowest BCUT2D eigenvalue weighted by atomic mass is 9.98. The van der Waals surface area contributed by atoms with Crippen molar-refractivity contribution in [2.75, 3.05) is 25.0 Å². The predicted molar refractivity (Wildman–Crippen MR) is 70.6 cm³/mol. The zero-order valence-electron chi connectivity index (χ0n) is 9.06. The van der Waals surface area contributed by atoms with Crippen molar-refractivity contribution in [3.63, 3.8) is 0 Å². The molecule has 6 heteroatoms. The van der Waals surface area contributed by atoms with E-state index >= 15 is 0 Å². The molecule has 1 saturated heterocycles. The zero-order chi connectivity index (χ0) is 9.64. The zero-order valence-corrected chi connectivity index (χ0v) is 10.7. The van der Waals surface area contributed by atoms with Gasteiger partial charge in [0.15, 0.2) is 0 Å². The largest absolute Gasteiger partial charge is 0.354 e. The first-order valence-corrected chi connectivity index (χ1v) is 5.17. The van der Waals surface area contributed by atoms with E-state index in [-0.39, 0.29) is 24.8 Å². The Morgan fingerprint density at radius 1 is 1.19 bits per heavy atom. The lowest BCUT2D eigenvalue weighted by Gasteiger charge is -2.22. The van der Waals surface area contributed by atoms with Crippen molar-refractivity contribution >= 4 is 30.8 Å². The molecule has 1 aliphatic rings. The summed E-state index contributed by atoms with van der Waals surface area (Å²) < 4.78 is 0. The summed E-state index contributed by atoms with van der Waals surface area (Å²) in [4.78, 5) is 8.25. The fourth-order valence-corrected chi connectivity index (χ4v) is 1.71. The molecule has 0 unspecified atom stereocenters. The minimum Gasteiger partial charge on any atom is -0.354 e. The third-order valence-electron chi connectivity index (χ3n) is 2.57. The smallest absolute Gasteiger partial charge is 0.222 e. The van der Waals surface area contributed by atoms with Gasteiger partial charge >= 0.3 is 0 Å². The molecule has 0 aliphatic carbocycles. The molecule has 2 N–H and O–H groups in total. The number of nitrogens with zero attached hydrogens (tertiary/aromatic N) is 2. The van der Waals surface area contributed by atoms with Crippen molar-refractivity contribution < 1.29 is 0 Å². The highest BCUT2D eigenvalue weighted by Crippen LogP contribution is 2.11. The van der Waals surface area contributed by atoms with E-state index in [0.29, 0.717) is 0 Å². The number of rotatable bonds is 3. The Morgan fingerprint density at radius 3 is 2.44 bits per heavy atom. The number of hydrogen-bond acceptors (Lipinski definition) is 4. The predicted octanol–water partition coefficient (Wildman–Crippen LogP) is 1.73. The third-order valence-corrected chi connectivity index (χ3v) is 2.57. The van der Waals surface area contributed by atoms with Crippen molar-refractivity contribution in [1.82, 2.24) is 15.3 Å². The molecule has 0 aromatic carbocycles. The van der Waals surface area contributed by atoms with E-state index in [1.54, 1.807) is 12.4 Å². The molecule has 92 valence electrons. The van der Waals surface area contributed by atoms with Gasteiger partial charge in [0.25, 0.3) is 0 Å². The van der Waals surface area contributed by atoms with Gasteiger partial charge < -0.3 is 10.6 Å². The summed E-state index contributed by atoms with van der Waals surface area (Å²) >= 11 is 0. The molecule has 0 spiro atoms. The molecule has 0 saturated carbocycles. The summed E-state index contributed by atoms with van der Waals surface area (Å²) in [5, 5.41) is 6.62. The molecule has 4 nitrogen and oxygen atoms in total. The second kappa shape index (κ2) is 8.56. The molecule has 2 rings (SSSR count). The minimum absolute atomic E-state index is 0. The molecule has 0 radical (unpaired) electrons. The van der Waals surface area contributed by atoms with Crippen LogP contribution in [0.3, 0.4) is 0 Å². The molecule has 1 aliphatic heterocycles. The van der Waals surface area contributed by atoms with Crippen LogP contribution in [0.5, 0.6) is 0 Å². The third kappa shape index (κ3) is 4.96. The highest BCUT2D eigenvalue weighted by molar-refractivity contribution is 5.85. The highest BCUT2D eigenvalue weighted by atomic mass is 35.5. The van der Waals surface area contributed by atoms with Crippen molar-refractivity contribution in [3.05, 3.63) is 18.5 Å². The Labute approximate surface area is 108 Å². The number of anilines is 1. The molecule has 1 aromatic rings. The van der Waals surface area contributed by atoms with E-state index in [2.05, 4.69) is 20.6 Å². The van der Waals surface area contributed by atoms with Gasteiger partial charge in [0.05, 0.1) is 0 Å². The number of halogens is 2. The lowest BCUT2D eigenvalue weighted by molar-refractivity contribution is 0.389. The molecular formula is C10H18Cl2N4. The number of nitrogens with one attached hydrogen (secondary N) is 2. The first kappa shape index (κ1) is 15.4. The summed E-state index contributed by atoms with van der Waals surface area (Å²) in [5.41, 5.74) is 0. The minimum atomic E-state index is 0. The molecule has 1 fully saturated rings. The molecule has 2 heterocycles. The van der Waals surface area contributed by atoms with Crippen LogP contribution in [0.4, 0.5) is 5.95 Å². The summed E-state index contributed by atoms with van der Waals surface area (Å²) in [7, 11) is 0. The molecule has 0 amide bonds. The fourth-order valence-electron chi connectivity index (χ4n) is 1.71. The first-order chi connectivity index (χ1) is 6.95. The lowest BCUT2D eigenvalue weighted by Crippen LogP contribution is -2.31. The average Bonchev–Trinajstić information content (AvgIpc) is 2.29. The number of aromatic nitrogens is 2. The van der Waals surface area contributed by atoms with Gasteiger partial charge in [0.2, 0.25) is 5.95 Å². The van der Waals surface area contributed by atoms with Gasteiger partial charge in [-0.1, -0.05) is 0 Å². The average molecular weight is 265 g/mol. The molecule has 16 heavy (non-hydrogen) atoms. The second-order valence-electron chi connectivity index (χ2n) is 3.65. The number of hydrogen-bond donors (Lipinski definition) is 2. The highest BCUT2D eigenvalue weighted by Gasteiger charge is 2.12. The van der Waals surface area contributed by atoms with Crippen LogP contribution in [-0.4, -0.2) is 29.6 Å². The SMILES string of the molecule is Cl.Cl.c1cnc(NCC2CCNCC2)nc1. The van der Waals surface area contributed by atoms with E-state index < -0.39 is 0 Å². The van der Waals surface area contributed by atoms with Gasteiger partial charge in [0.1, 0.15) is 0 Å². The van der Waals surface area contributed by atoms with Crippen LogP contribution in [0.1, 0.15) is 12.8 Å².